The van der Waals surface area contributed by atoms with Crippen LogP contribution in [-0.4, -0.2) is 17.7 Å². The van der Waals surface area contributed by atoms with Crippen molar-refractivity contribution in [3.8, 4) is 5.75 Å². The van der Waals surface area contributed by atoms with E-state index in [9.17, 15) is 9.90 Å². The summed E-state index contributed by atoms with van der Waals surface area (Å²) in [5.74, 6) is 0.140. The Labute approximate surface area is 211 Å². The minimum atomic E-state index is -0.903. The number of carboxylic acids is 1. The predicted octanol–water partition coefficient (Wildman–Crippen LogP) is 10.0. The van der Waals surface area contributed by atoms with Crippen LogP contribution < -0.4 is 4.74 Å². The number of carboxylic acid groups (broad SMARTS) is 1. The summed E-state index contributed by atoms with van der Waals surface area (Å²) < 4.78 is 6.03. The average molecular weight is 475 g/mol. The molecular formula is C31H54O3. The number of aryl methyl sites for hydroxylation is 1. The van der Waals surface area contributed by atoms with Crippen LogP contribution in [0.4, 0.5) is 0 Å². The average Bonchev–Trinajstić information content (AvgIpc) is 2.84. The first-order valence-corrected chi connectivity index (χ1v) is 14.6. The van der Waals surface area contributed by atoms with Gasteiger partial charge in [-0.3, -0.25) is 0 Å². The van der Waals surface area contributed by atoms with Crippen LogP contribution in [0, 0.1) is 5.92 Å². The molecule has 0 heterocycles. The molecule has 34 heavy (non-hydrogen) atoms. The van der Waals surface area contributed by atoms with E-state index in [-0.39, 0.29) is 5.56 Å². The molecule has 1 rings (SSSR count). The minimum Gasteiger partial charge on any atom is -0.492 e. The van der Waals surface area contributed by atoms with E-state index < -0.39 is 5.97 Å². The van der Waals surface area contributed by atoms with Crippen molar-refractivity contribution in [1.82, 2.24) is 0 Å². The molecule has 0 bridgehead atoms. The molecule has 0 aliphatic rings. The van der Waals surface area contributed by atoms with Gasteiger partial charge in [0.1, 0.15) is 11.3 Å². The van der Waals surface area contributed by atoms with Crippen molar-refractivity contribution in [2.45, 2.75) is 143 Å². The van der Waals surface area contributed by atoms with Crippen molar-refractivity contribution in [3.05, 3.63) is 29.3 Å². The zero-order valence-electron chi connectivity index (χ0n) is 22.7. The molecule has 0 aliphatic heterocycles. The van der Waals surface area contributed by atoms with E-state index in [0.29, 0.717) is 18.3 Å². The third-order valence-corrected chi connectivity index (χ3v) is 7.11. The standard InChI is InChI=1S/C31H54O3/c1-4-7-9-10-11-12-13-14-15-16-17-18-19-20-22-28-23-24-29(31(32)33)30(25-28)34-26-27(6-3)21-8-5-2/h23-25,27H,4-22,26H2,1-3H3,(H,32,33). The van der Waals surface area contributed by atoms with Gasteiger partial charge in [-0.05, 0) is 42.9 Å². The molecule has 0 aromatic heterocycles. The second-order valence-electron chi connectivity index (χ2n) is 10.2. The van der Waals surface area contributed by atoms with Crippen molar-refractivity contribution in [1.29, 1.82) is 0 Å². The molecule has 3 heteroatoms. The molecule has 196 valence electrons. The first kappa shape index (κ1) is 30.5. The normalized spacial score (nSPS) is 12.1. The molecule has 1 aromatic rings. The van der Waals surface area contributed by atoms with E-state index in [1.165, 1.54) is 102 Å². The van der Waals surface area contributed by atoms with E-state index in [4.69, 9.17) is 4.74 Å². The summed E-state index contributed by atoms with van der Waals surface area (Å²) in [5, 5.41) is 9.55. The smallest absolute Gasteiger partial charge is 0.339 e. The topological polar surface area (TPSA) is 46.5 Å². The lowest BCUT2D eigenvalue weighted by Gasteiger charge is -2.17. The maximum atomic E-state index is 11.6. The van der Waals surface area contributed by atoms with Crippen molar-refractivity contribution < 1.29 is 14.6 Å². The van der Waals surface area contributed by atoms with Crippen LogP contribution in [0.15, 0.2) is 18.2 Å². The highest BCUT2D eigenvalue weighted by Gasteiger charge is 2.14. The van der Waals surface area contributed by atoms with Gasteiger partial charge in [-0.1, -0.05) is 130 Å². The van der Waals surface area contributed by atoms with Gasteiger partial charge in [-0.25, -0.2) is 4.79 Å². The summed E-state index contributed by atoms with van der Waals surface area (Å²) in [6, 6.07) is 5.66. The van der Waals surface area contributed by atoms with E-state index in [2.05, 4.69) is 20.8 Å². The second-order valence-corrected chi connectivity index (χ2v) is 10.2. The summed E-state index contributed by atoms with van der Waals surface area (Å²) >= 11 is 0. The third-order valence-electron chi connectivity index (χ3n) is 7.11. The number of aromatic carboxylic acids is 1. The van der Waals surface area contributed by atoms with Crippen molar-refractivity contribution in [3.63, 3.8) is 0 Å². The van der Waals surface area contributed by atoms with E-state index in [1.807, 2.05) is 12.1 Å². The van der Waals surface area contributed by atoms with Gasteiger partial charge < -0.3 is 9.84 Å². The molecule has 3 nitrogen and oxygen atoms in total. The molecule has 0 saturated carbocycles. The first-order valence-electron chi connectivity index (χ1n) is 14.6. The molecule has 1 aromatic carbocycles. The SMILES string of the molecule is CCCCCCCCCCCCCCCCc1ccc(C(=O)O)c(OCC(CC)CCCC)c1. The van der Waals surface area contributed by atoms with Gasteiger partial charge >= 0.3 is 5.97 Å². The Kier molecular flexibility index (Phi) is 18.7. The Morgan fingerprint density at radius 3 is 1.79 bits per heavy atom. The molecule has 0 spiro atoms. The highest BCUT2D eigenvalue weighted by Crippen LogP contribution is 2.24. The molecule has 0 fully saturated rings. The fraction of sp³-hybridized carbons (Fsp3) is 0.774. The number of benzene rings is 1. The molecule has 1 atom stereocenters. The van der Waals surface area contributed by atoms with Crippen LogP contribution in [0.2, 0.25) is 0 Å². The van der Waals surface area contributed by atoms with Crippen LogP contribution in [0.5, 0.6) is 5.75 Å². The van der Waals surface area contributed by atoms with Gasteiger partial charge in [0.25, 0.3) is 0 Å². The molecule has 1 unspecified atom stereocenters. The Hall–Kier alpha value is -1.51. The van der Waals surface area contributed by atoms with Gasteiger partial charge in [-0.15, -0.1) is 0 Å². The fourth-order valence-corrected chi connectivity index (χ4v) is 4.65. The van der Waals surface area contributed by atoms with E-state index in [1.54, 1.807) is 6.07 Å². The summed E-state index contributed by atoms with van der Waals surface area (Å²) in [7, 11) is 0. The molecule has 1 N–H and O–H groups in total. The predicted molar refractivity (Wildman–Crippen MR) is 146 cm³/mol. The molecule has 0 aliphatic carbocycles. The van der Waals surface area contributed by atoms with Crippen LogP contribution in [0.3, 0.4) is 0 Å². The van der Waals surface area contributed by atoms with Crippen molar-refractivity contribution in [2.75, 3.05) is 6.61 Å². The minimum absolute atomic E-state index is 0.287. The number of ether oxygens (including phenoxy) is 1. The first-order chi connectivity index (χ1) is 16.6. The molecular weight excluding hydrogens is 420 g/mol. The number of rotatable bonds is 23. The van der Waals surface area contributed by atoms with Crippen LogP contribution in [-0.2, 0) is 6.42 Å². The fourth-order valence-electron chi connectivity index (χ4n) is 4.65. The molecule has 0 amide bonds. The third kappa shape index (κ3) is 14.7. The zero-order valence-corrected chi connectivity index (χ0v) is 22.7. The van der Waals surface area contributed by atoms with E-state index in [0.717, 1.165) is 25.7 Å². The maximum absolute atomic E-state index is 11.6. The number of hydrogen-bond acceptors (Lipinski definition) is 2. The Morgan fingerprint density at radius 1 is 0.765 bits per heavy atom. The van der Waals surface area contributed by atoms with Gasteiger partial charge in [0.15, 0.2) is 0 Å². The second kappa shape index (κ2) is 20.8. The Bertz CT molecular complexity index is 625. The number of carbonyl (C=O) groups is 1. The lowest BCUT2D eigenvalue weighted by Crippen LogP contribution is -2.13. The number of hydrogen-bond donors (Lipinski definition) is 1. The van der Waals surface area contributed by atoms with Crippen LogP contribution in [0.1, 0.15) is 152 Å². The van der Waals surface area contributed by atoms with Crippen molar-refractivity contribution >= 4 is 5.97 Å². The van der Waals surface area contributed by atoms with Crippen LogP contribution in [0.25, 0.3) is 0 Å². The Balaban J connectivity index is 2.23. The molecule has 0 saturated heterocycles. The number of unbranched alkanes of at least 4 members (excludes halogenated alkanes) is 14. The Morgan fingerprint density at radius 2 is 1.29 bits per heavy atom. The van der Waals surface area contributed by atoms with Gasteiger partial charge in [0.05, 0.1) is 6.61 Å². The van der Waals surface area contributed by atoms with Gasteiger partial charge in [0, 0.05) is 0 Å². The largest absolute Gasteiger partial charge is 0.492 e. The van der Waals surface area contributed by atoms with Gasteiger partial charge in [0.2, 0.25) is 0 Å². The summed E-state index contributed by atoms with van der Waals surface area (Å²) in [6.45, 7) is 7.28. The van der Waals surface area contributed by atoms with Gasteiger partial charge in [-0.2, -0.15) is 0 Å². The summed E-state index contributed by atoms with van der Waals surface area (Å²) in [5.41, 5.74) is 1.48. The van der Waals surface area contributed by atoms with Crippen LogP contribution >= 0.6 is 0 Å². The van der Waals surface area contributed by atoms with E-state index >= 15 is 0 Å². The lowest BCUT2D eigenvalue weighted by atomic mass is 10.00. The highest BCUT2D eigenvalue weighted by molar-refractivity contribution is 5.91. The lowest BCUT2D eigenvalue weighted by molar-refractivity contribution is 0.0691. The van der Waals surface area contributed by atoms with Crippen molar-refractivity contribution in [2.24, 2.45) is 5.92 Å². The summed E-state index contributed by atoms with van der Waals surface area (Å²) in [6.07, 6.45) is 24.7. The quantitative estimate of drug-likeness (QED) is 0.160. The molecule has 0 radical (unpaired) electrons. The zero-order chi connectivity index (χ0) is 24.9. The highest BCUT2D eigenvalue weighted by atomic mass is 16.5. The summed E-state index contributed by atoms with van der Waals surface area (Å²) in [4.78, 5) is 11.6. The maximum Gasteiger partial charge on any atom is 0.339 e. The monoisotopic (exact) mass is 474 g/mol.